The Morgan fingerprint density at radius 3 is 2.66 bits per heavy atom. The fourth-order valence-corrected chi connectivity index (χ4v) is 4.98. The fraction of sp³-hybridized carbons (Fsp3) is 0.440. The van der Waals surface area contributed by atoms with Crippen LogP contribution in [-0.4, -0.2) is 56.5 Å². The van der Waals surface area contributed by atoms with Gasteiger partial charge in [0.15, 0.2) is 0 Å². The normalized spacial score (nSPS) is 15.9. The van der Waals surface area contributed by atoms with E-state index in [4.69, 9.17) is 16.3 Å². The summed E-state index contributed by atoms with van der Waals surface area (Å²) in [4.78, 5) is 30.9. The number of H-pyrrole nitrogens is 1. The fourth-order valence-electron chi connectivity index (χ4n) is 4.69. The van der Waals surface area contributed by atoms with Crippen LogP contribution in [0.5, 0.6) is 5.75 Å². The van der Waals surface area contributed by atoms with E-state index in [1.165, 1.54) is 0 Å². The number of fused-ring (bicyclic) bond motifs is 1. The number of nitrogens with one attached hydrogen (secondary N) is 2. The van der Waals surface area contributed by atoms with Gasteiger partial charge in [0.2, 0.25) is 0 Å². The number of hydrogen-bond acceptors (Lipinski definition) is 6. The molecule has 3 aromatic rings. The number of halogens is 1. The highest BCUT2D eigenvalue weighted by molar-refractivity contribution is 6.35. The number of aryl methyl sites for hydroxylation is 2. The first-order chi connectivity index (χ1) is 16.7. The van der Waals surface area contributed by atoms with Crippen molar-refractivity contribution in [3.05, 3.63) is 61.7 Å². The number of carbonyl (C=O) groups is 1. The third-order valence-electron chi connectivity index (χ3n) is 6.60. The minimum absolute atomic E-state index is 0.126. The van der Waals surface area contributed by atoms with Crippen molar-refractivity contribution >= 4 is 17.5 Å². The number of aromatic amines is 1. The molecule has 1 amide bonds. The Balaban J connectivity index is 1.56. The molecule has 1 aromatic carbocycles. The van der Waals surface area contributed by atoms with Crippen LogP contribution in [0.15, 0.2) is 23.1 Å². The molecule has 2 aromatic heterocycles. The Morgan fingerprint density at radius 1 is 1.23 bits per heavy atom. The number of carbonyl (C=O) groups excluding carboxylic acids is 1. The number of hydrogen-bond donors (Lipinski definition) is 2. The van der Waals surface area contributed by atoms with Gasteiger partial charge < -0.3 is 19.9 Å². The number of ether oxygens (including phenoxy) is 1. The van der Waals surface area contributed by atoms with Gasteiger partial charge in [-0.15, -0.1) is 5.10 Å². The summed E-state index contributed by atoms with van der Waals surface area (Å²) in [5.74, 6) is 0.219. The van der Waals surface area contributed by atoms with Crippen molar-refractivity contribution < 1.29 is 9.53 Å². The van der Waals surface area contributed by atoms with Crippen LogP contribution < -0.4 is 15.6 Å². The number of benzene rings is 1. The van der Waals surface area contributed by atoms with Crippen LogP contribution in [-0.2, 0) is 13.0 Å². The first kappa shape index (κ1) is 23.6. The van der Waals surface area contributed by atoms with Gasteiger partial charge in [-0.25, -0.2) is 4.68 Å². The van der Waals surface area contributed by atoms with E-state index in [0.717, 1.165) is 35.5 Å². The molecule has 5 rings (SSSR count). The van der Waals surface area contributed by atoms with Crippen molar-refractivity contribution in [2.24, 2.45) is 0 Å². The molecule has 2 aliphatic rings. The van der Waals surface area contributed by atoms with E-state index in [0.29, 0.717) is 35.5 Å². The molecule has 0 unspecified atom stereocenters. The van der Waals surface area contributed by atoms with Crippen LogP contribution in [0, 0.1) is 13.8 Å². The molecule has 0 saturated carbocycles. The molecule has 0 radical (unpaired) electrons. The number of rotatable bonds is 6. The molecule has 9 nitrogen and oxygen atoms in total. The number of pyridine rings is 1. The van der Waals surface area contributed by atoms with Gasteiger partial charge in [0.25, 0.3) is 11.5 Å². The Hall–Kier alpha value is -3.17. The van der Waals surface area contributed by atoms with Crippen LogP contribution in [0.4, 0.5) is 0 Å². The van der Waals surface area contributed by atoms with E-state index >= 15 is 0 Å². The number of aromatic nitrogens is 4. The summed E-state index contributed by atoms with van der Waals surface area (Å²) in [5.41, 5.74) is 4.78. The van der Waals surface area contributed by atoms with Gasteiger partial charge in [0, 0.05) is 36.5 Å². The largest absolute Gasteiger partial charge is 0.489 e. The summed E-state index contributed by atoms with van der Waals surface area (Å²) >= 11 is 6.77. The maximum atomic E-state index is 13.7. The molecule has 4 heterocycles. The summed E-state index contributed by atoms with van der Waals surface area (Å²) in [6.45, 7) is 9.95. The van der Waals surface area contributed by atoms with Gasteiger partial charge >= 0.3 is 0 Å². The summed E-state index contributed by atoms with van der Waals surface area (Å²) in [5, 5.41) is 12.2. The smallest absolute Gasteiger partial charge is 0.256 e. The third-order valence-corrected chi connectivity index (χ3v) is 6.97. The van der Waals surface area contributed by atoms with Crippen molar-refractivity contribution in [3.8, 4) is 17.0 Å². The van der Waals surface area contributed by atoms with Crippen LogP contribution in [0.2, 0.25) is 5.02 Å². The maximum Gasteiger partial charge on any atom is 0.256 e. The molecule has 0 aliphatic carbocycles. The molecule has 1 fully saturated rings. The zero-order valence-electron chi connectivity index (χ0n) is 20.3. The van der Waals surface area contributed by atoms with Gasteiger partial charge in [0.05, 0.1) is 35.5 Å². The standard InChI is InChI=1S/C25H29ClN6O3/c1-13(2)35-21-8-18(20-12-32(30-29-20)16-9-27-10-16)17-5-6-31(25(34)22(17)23(21)26)11-19-14(3)7-15(4)28-24(19)33/h7-8,12-13,16,27H,5-6,9-11H2,1-4H3,(H,28,33). The highest BCUT2D eigenvalue weighted by atomic mass is 35.5. The molecule has 0 spiro atoms. The van der Waals surface area contributed by atoms with Crippen molar-refractivity contribution in [1.82, 2.24) is 30.2 Å². The van der Waals surface area contributed by atoms with Gasteiger partial charge in [-0.3, -0.25) is 9.59 Å². The van der Waals surface area contributed by atoms with Crippen LogP contribution in [0.3, 0.4) is 0 Å². The van der Waals surface area contributed by atoms with E-state index in [-0.39, 0.29) is 35.2 Å². The zero-order chi connectivity index (χ0) is 24.9. The second kappa shape index (κ2) is 9.13. The maximum absolute atomic E-state index is 13.7. The Kier molecular flexibility index (Phi) is 6.14. The summed E-state index contributed by atoms with van der Waals surface area (Å²) < 4.78 is 7.85. The third kappa shape index (κ3) is 4.34. The van der Waals surface area contributed by atoms with E-state index in [2.05, 4.69) is 20.6 Å². The minimum atomic E-state index is -0.221. The Morgan fingerprint density at radius 2 is 2.00 bits per heavy atom. The monoisotopic (exact) mass is 496 g/mol. The second-order valence-electron chi connectivity index (χ2n) is 9.57. The summed E-state index contributed by atoms with van der Waals surface area (Å²) in [6.07, 6.45) is 2.37. The number of amides is 1. The van der Waals surface area contributed by atoms with Crippen molar-refractivity contribution in [2.45, 2.75) is 52.8 Å². The average molecular weight is 497 g/mol. The van der Waals surface area contributed by atoms with E-state index < -0.39 is 0 Å². The molecule has 2 aliphatic heterocycles. The van der Waals surface area contributed by atoms with Gasteiger partial charge in [-0.2, -0.15) is 0 Å². The van der Waals surface area contributed by atoms with Crippen molar-refractivity contribution in [2.75, 3.05) is 19.6 Å². The van der Waals surface area contributed by atoms with Gasteiger partial charge in [0.1, 0.15) is 11.4 Å². The Labute approximate surface area is 208 Å². The molecule has 0 bridgehead atoms. The van der Waals surface area contributed by atoms with Crippen LogP contribution >= 0.6 is 11.6 Å². The first-order valence-electron chi connectivity index (χ1n) is 11.9. The van der Waals surface area contributed by atoms with E-state index in [9.17, 15) is 9.59 Å². The summed E-state index contributed by atoms with van der Waals surface area (Å²) in [7, 11) is 0. The van der Waals surface area contributed by atoms with Crippen molar-refractivity contribution in [3.63, 3.8) is 0 Å². The summed E-state index contributed by atoms with van der Waals surface area (Å²) in [6, 6.07) is 4.06. The molecular formula is C25H29ClN6O3. The van der Waals surface area contributed by atoms with E-state index in [1.807, 2.05) is 50.7 Å². The van der Waals surface area contributed by atoms with Gasteiger partial charge in [-0.05, 0) is 57.4 Å². The lowest BCUT2D eigenvalue weighted by molar-refractivity contribution is 0.0725. The molecule has 10 heteroatoms. The first-order valence-corrected chi connectivity index (χ1v) is 12.2. The molecule has 35 heavy (non-hydrogen) atoms. The lowest BCUT2D eigenvalue weighted by atomic mass is 9.91. The van der Waals surface area contributed by atoms with Crippen molar-refractivity contribution in [1.29, 1.82) is 0 Å². The molecule has 2 N–H and O–H groups in total. The lowest BCUT2D eigenvalue weighted by Crippen LogP contribution is -2.43. The molecular weight excluding hydrogens is 468 g/mol. The minimum Gasteiger partial charge on any atom is -0.489 e. The average Bonchev–Trinajstić information content (AvgIpc) is 3.21. The van der Waals surface area contributed by atoms with Crippen LogP contribution in [0.1, 0.15) is 52.6 Å². The zero-order valence-corrected chi connectivity index (χ0v) is 21.1. The lowest BCUT2D eigenvalue weighted by Gasteiger charge is -2.31. The molecule has 1 saturated heterocycles. The SMILES string of the molecule is Cc1cc(C)c(CN2CCc3c(-c4cn(C5CNC5)nn4)cc(OC(C)C)c(Cl)c3C2=O)c(=O)[nH]1. The van der Waals surface area contributed by atoms with E-state index in [1.54, 1.807) is 4.90 Å². The highest BCUT2D eigenvalue weighted by Gasteiger charge is 2.33. The second-order valence-corrected chi connectivity index (χ2v) is 9.95. The Bertz CT molecular complexity index is 1360. The topological polar surface area (TPSA) is 105 Å². The number of nitrogens with zero attached hydrogens (tertiary/aromatic N) is 4. The van der Waals surface area contributed by atoms with Crippen LogP contribution in [0.25, 0.3) is 11.3 Å². The highest BCUT2D eigenvalue weighted by Crippen LogP contribution is 2.41. The predicted octanol–water partition coefficient (Wildman–Crippen LogP) is 3.03. The quantitative estimate of drug-likeness (QED) is 0.543. The predicted molar refractivity (Wildman–Crippen MR) is 133 cm³/mol. The van der Waals surface area contributed by atoms with Gasteiger partial charge in [-0.1, -0.05) is 16.8 Å². The molecule has 0 atom stereocenters. The molecule has 184 valence electrons.